The summed E-state index contributed by atoms with van der Waals surface area (Å²) in [5.41, 5.74) is 7.90. The highest BCUT2D eigenvalue weighted by Crippen LogP contribution is 2.38. The predicted molar refractivity (Wildman–Crippen MR) is 89.0 cm³/mol. The summed E-state index contributed by atoms with van der Waals surface area (Å²) in [7, 11) is 0. The highest BCUT2D eigenvalue weighted by atomic mass is 14.7. The maximum Gasteiger partial charge on any atom is 0.0349 e. The Morgan fingerprint density at radius 1 is 1.19 bits per heavy atom. The van der Waals surface area contributed by atoms with Crippen LogP contribution in [-0.4, -0.2) is 4.98 Å². The third kappa shape index (κ3) is 3.11. The summed E-state index contributed by atoms with van der Waals surface area (Å²) < 4.78 is 0. The summed E-state index contributed by atoms with van der Waals surface area (Å²) in [6.45, 7) is 2.29. The van der Waals surface area contributed by atoms with Gasteiger partial charge in [0.25, 0.3) is 0 Å². The van der Waals surface area contributed by atoms with Crippen LogP contribution in [0.3, 0.4) is 0 Å². The van der Waals surface area contributed by atoms with Gasteiger partial charge >= 0.3 is 0 Å². The fourth-order valence-electron chi connectivity index (χ4n) is 3.93. The summed E-state index contributed by atoms with van der Waals surface area (Å²) in [6, 6.07) is 8.68. The maximum atomic E-state index is 6.63. The van der Waals surface area contributed by atoms with E-state index < -0.39 is 0 Å². The molecule has 21 heavy (non-hydrogen) atoms. The Morgan fingerprint density at radius 3 is 2.76 bits per heavy atom. The van der Waals surface area contributed by atoms with Crippen molar-refractivity contribution in [1.29, 1.82) is 0 Å². The Kier molecular flexibility index (Phi) is 4.54. The molecule has 0 aliphatic heterocycles. The first kappa shape index (κ1) is 14.5. The number of hydrogen-bond acceptors (Lipinski definition) is 2. The number of hydrogen-bond donors (Lipinski definition) is 1. The summed E-state index contributed by atoms with van der Waals surface area (Å²) in [5.74, 6) is 1.57. The first-order valence-electron chi connectivity index (χ1n) is 8.37. The molecule has 1 unspecified atom stereocenters. The molecule has 112 valence electrons. The van der Waals surface area contributed by atoms with Crippen LogP contribution >= 0.6 is 0 Å². The van der Waals surface area contributed by atoms with Gasteiger partial charge in [0.15, 0.2) is 0 Å². The van der Waals surface area contributed by atoms with E-state index in [0.29, 0.717) is 5.92 Å². The van der Waals surface area contributed by atoms with Gasteiger partial charge in [0.05, 0.1) is 0 Å². The number of aromatic nitrogens is 1. The molecule has 1 aromatic heterocycles. The molecule has 2 N–H and O–H groups in total. The Morgan fingerprint density at radius 2 is 2.00 bits per heavy atom. The van der Waals surface area contributed by atoms with Crippen molar-refractivity contribution >= 4 is 10.8 Å². The van der Waals surface area contributed by atoms with Crippen LogP contribution in [0.15, 0.2) is 36.7 Å². The molecular formula is C19H26N2. The standard InChI is InChI=1S/C19H26N2/c1-2-4-14-7-9-16(10-8-14)19(20)17-6-3-5-15-11-12-21-13-18(15)17/h3,5-6,11-14,16,19H,2,4,7-10,20H2,1H3. The molecule has 1 aromatic carbocycles. The smallest absolute Gasteiger partial charge is 0.0349 e. The van der Waals surface area contributed by atoms with Crippen molar-refractivity contribution in [3.63, 3.8) is 0 Å². The van der Waals surface area contributed by atoms with Gasteiger partial charge in [-0.25, -0.2) is 0 Å². The van der Waals surface area contributed by atoms with E-state index in [4.69, 9.17) is 5.73 Å². The first-order valence-corrected chi connectivity index (χ1v) is 8.37. The molecule has 1 fully saturated rings. The third-order valence-corrected chi connectivity index (χ3v) is 5.17. The second-order valence-electron chi connectivity index (χ2n) is 6.54. The fourth-order valence-corrected chi connectivity index (χ4v) is 3.93. The van der Waals surface area contributed by atoms with Gasteiger partial charge in [-0.2, -0.15) is 0 Å². The molecule has 0 amide bonds. The lowest BCUT2D eigenvalue weighted by Gasteiger charge is -2.32. The number of nitrogens with two attached hydrogens (primary N) is 1. The normalized spacial score (nSPS) is 24.1. The van der Waals surface area contributed by atoms with Crippen molar-refractivity contribution in [2.75, 3.05) is 0 Å². The van der Waals surface area contributed by atoms with Gasteiger partial charge in [-0.15, -0.1) is 0 Å². The van der Waals surface area contributed by atoms with Crippen LogP contribution < -0.4 is 5.73 Å². The van der Waals surface area contributed by atoms with Gasteiger partial charge in [0, 0.05) is 23.8 Å². The average Bonchev–Trinajstić information content (AvgIpc) is 2.55. The van der Waals surface area contributed by atoms with Crippen LogP contribution in [0.2, 0.25) is 0 Å². The summed E-state index contributed by atoms with van der Waals surface area (Å²) in [5, 5.41) is 2.47. The molecule has 1 heterocycles. The van der Waals surface area contributed by atoms with Gasteiger partial charge in [-0.05, 0) is 41.7 Å². The topological polar surface area (TPSA) is 38.9 Å². The van der Waals surface area contributed by atoms with Gasteiger partial charge in [0.1, 0.15) is 0 Å². The molecule has 0 saturated heterocycles. The lowest BCUT2D eigenvalue weighted by Crippen LogP contribution is -2.26. The van der Waals surface area contributed by atoms with E-state index in [9.17, 15) is 0 Å². The Balaban J connectivity index is 1.77. The Labute approximate surface area is 127 Å². The van der Waals surface area contributed by atoms with E-state index in [0.717, 1.165) is 5.92 Å². The third-order valence-electron chi connectivity index (χ3n) is 5.17. The molecule has 1 atom stereocenters. The number of rotatable bonds is 4. The zero-order chi connectivity index (χ0) is 14.7. The van der Waals surface area contributed by atoms with Gasteiger partial charge < -0.3 is 5.73 Å². The molecule has 2 heteroatoms. The predicted octanol–water partition coefficient (Wildman–Crippen LogP) is 4.84. The van der Waals surface area contributed by atoms with Gasteiger partial charge in [-0.1, -0.05) is 50.8 Å². The molecule has 2 nitrogen and oxygen atoms in total. The SMILES string of the molecule is CCCC1CCC(C(N)c2cccc3ccncc23)CC1. The highest BCUT2D eigenvalue weighted by Gasteiger charge is 2.26. The van der Waals surface area contributed by atoms with Crippen molar-refractivity contribution in [1.82, 2.24) is 4.98 Å². The van der Waals surface area contributed by atoms with Crippen LogP contribution in [0.4, 0.5) is 0 Å². The monoisotopic (exact) mass is 282 g/mol. The van der Waals surface area contributed by atoms with Gasteiger partial charge in [0.2, 0.25) is 0 Å². The lowest BCUT2D eigenvalue weighted by molar-refractivity contribution is 0.235. The minimum absolute atomic E-state index is 0.153. The van der Waals surface area contributed by atoms with Crippen LogP contribution in [-0.2, 0) is 0 Å². The van der Waals surface area contributed by atoms with Crippen molar-refractivity contribution in [2.45, 2.75) is 51.5 Å². The average molecular weight is 282 g/mol. The number of pyridine rings is 1. The zero-order valence-electron chi connectivity index (χ0n) is 13.0. The molecule has 1 aliphatic carbocycles. The minimum Gasteiger partial charge on any atom is -0.324 e. The van der Waals surface area contributed by atoms with E-state index in [1.165, 1.54) is 54.9 Å². The molecule has 2 aromatic rings. The van der Waals surface area contributed by atoms with Crippen LogP contribution in [0.25, 0.3) is 10.8 Å². The maximum absolute atomic E-state index is 6.63. The second-order valence-corrected chi connectivity index (χ2v) is 6.54. The van der Waals surface area contributed by atoms with Crippen LogP contribution in [0.1, 0.15) is 57.1 Å². The fraction of sp³-hybridized carbons (Fsp3) is 0.526. The highest BCUT2D eigenvalue weighted by molar-refractivity contribution is 5.85. The molecule has 0 spiro atoms. The molecule has 3 rings (SSSR count). The summed E-state index contributed by atoms with van der Waals surface area (Å²) >= 11 is 0. The largest absolute Gasteiger partial charge is 0.324 e. The molecule has 1 saturated carbocycles. The number of fused-ring (bicyclic) bond motifs is 1. The summed E-state index contributed by atoms with van der Waals surface area (Å²) in [6.07, 6.45) is 11.8. The number of nitrogens with zero attached hydrogens (tertiary/aromatic N) is 1. The zero-order valence-corrected chi connectivity index (χ0v) is 13.0. The van der Waals surface area contributed by atoms with Crippen molar-refractivity contribution in [3.8, 4) is 0 Å². The van der Waals surface area contributed by atoms with Gasteiger partial charge in [-0.3, -0.25) is 4.98 Å². The lowest BCUT2D eigenvalue weighted by atomic mass is 9.75. The van der Waals surface area contributed by atoms with Crippen molar-refractivity contribution in [3.05, 3.63) is 42.2 Å². The van der Waals surface area contributed by atoms with E-state index in [2.05, 4.69) is 36.2 Å². The van der Waals surface area contributed by atoms with E-state index in [-0.39, 0.29) is 6.04 Å². The van der Waals surface area contributed by atoms with E-state index in [1.54, 1.807) is 0 Å². The Hall–Kier alpha value is -1.41. The second kappa shape index (κ2) is 6.57. The molecule has 0 radical (unpaired) electrons. The number of benzene rings is 1. The molecule has 1 aliphatic rings. The molecular weight excluding hydrogens is 256 g/mol. The van der Waals surface area contributed by atoms with Crippen LogP contribution in [0, 0.1) is 11.8 Å². The summed E-state index contributed by atoms with van der Waals surface area (Å²) in [4.78, 5) is 4.28. The van der Waals surface area contributed by atoms with E-state index >= 15 is 0 Å². The molecule has 0 bridgehead atoms. The minimum atomic E-state index is 0.153. The Bertz CT molecular complexity index is 580. The quantitative estimate of drug-likeness (QED) is 0.871. The van der Waals surface area contributed by atoms with Crippen molar-refractivity contribution in [2.24, 2.45) is 17.6 Å². The van der Waals surface area contributed by atoms with E-state index in [1.807, 2.05) is 12.4 Å². The first-order chi connectivity index (χ1) is 10.3. The van der Waals surface area contributed by atoms with Crippen molar-refractivity contribution < 1.29 is 0 Å². The van der Waals surface area contributed by atoms with Crippen LogP contribution in [0.5, 0.6) is 0 Å².